The minimum absolute atomic E-state index is 0.380. The molecule has 3 aromatic rings. The van der Waals surface area contributed by atoms with E-state index in [4.69, 9.17) is 0 Å². The Morgan fingerprint density at radius 2 is 1.74 bits per heavy atom. The van der Waals surface area contributed by atoms with Crippen molar-refractivity contribution in [2.45, 2.75) is 11.2 Å². The maximum Gasteiger partial charge on any atom is 0.0701 e. The van der Waals surface area contributed by atoms with Gasteiger partial charge in [-0.05, 0) is 50.8 Å². The second-order valence-corrected chi connectivity index (χ2v) is 8.09. The lowest BCUT2D eigenvalue weighted by molar-refractivity contribution is 0.972. The predicted octanol–water partition coefficient (Wildman–Crippen LogP) is 6.34. The Labute approximate surface area is 133 Å². The van der Waals surface area contributed by atoms with Crippen molar-refractivity contribution in [2.75, 3.05) is 0 Å². The molecule has 3 heteroatoms. The molecule has 0 spiro atoms. The number of hydrogen-bond donors (Lipinski definition) is 0. The largest absolute Gasteiger partial charge is 0.132 e. The van der Waals surface area contributed by atoms with E-state index in [1.165, 1.54) is 25.0 Å². The van der Waals surface area contributed by atoms with Crippen LogP contribution < -0.4 is 0 Å². The van der Waals surface area contributed by atoms with Gasteiger partial charge in [-0.2, -0.15) is 0 Å². The summed E-state index contributed by atoms with van der Waals surface area (Å²) >= 11 is 9.09. The first-order chi connectivity index (χ1) is 9.22. The summed E-state index contributed by atoms with van der Waals surface area (Å²) in [6, 6.07) is 19.5. The highest BCUT2D eigenvalue weighted by molar-refractivity contribution is 9.11. The van der Waals surface area contributed by atoms with Gasteiger partial charge in [0.2, 0.25) is 0 Å². The van der Waals surface area contributed by atoms with Gasteiger partial charge in [-0.1, -0.05) is 58.4 Å². The first-order valence-electron chi connectivity index (χ1n) is 6.09. The van der Waals surface area contributed by atoms with Crippen LogP contribution in [0.2, 0.25) is 0 Å². The number of fused-ring (bicyclic) bond motifs is 1. The molecule has 96 valence electrons. The van der Waals surface area contributed by atoms with Crippen molar-refractivity contribution in [1.82, 2.24) is 0 Å². The number of thiophene rings is 1. The normalized spacial score (nSPS) is 12.7. The van der Waals surface area contributed by atoms with Gasteiger partial charge in [-0.3, -0.25) is 0 Å². The SMILES string of the molecule is Brc1ccc(C(Br)Cc2ccc3ccccc3c2)s1. The second-order valence-electron chi connectivity index (χ2n) is 4.50. The van der Waals surface area contributed by atoms with Crippen molar-refractivity contribution in [2.24, 2.45) is 0 Å². The number of hydrogen-bond acceptors (Lipinski definition) is 1. The van der Waals surface area contributed by atoms with Crippen LogP contribution in [-0.2, 0) is 6.42 Å². The van der Waals surface area contributed by atoms with E-state index in [1.54, 1.807) is 11.3 Å². The quantitative estimate of drug-likeness (QED) is 0.453. The Morgan fingerprint density at radius 3 is 2.47 bits per heavy atom. The summed E-state index contributed by atoms with van der Waals surface area (Å²) in [7, 11) is 0. The minimum Gasteiger partial charge on any atom is -0.132 e. The van der Waals surface area contributed by atoms with E-state index in [0.29, 0.717) is 4.83 Å². The summed E-state index contributed by atoms with van der Waals surface area (Å²) in [5, 5.41) is 2.61. The van der Waals surface area contributed by atoms with E-state index >= 15 is 0 Å². The molecule has 0 nitrogen and oxygen atoms in total. The zero-order valence-corrected chi connectivity index (χ0v) is 14.1. The van der Waals surface area contributed by atoms with Crippen LogP contribution in [0.25, 0.3) is 10.8 Å². The summed E-state index contributed by atoms with van der Waals surface area (Å²) in [5.41, 5.74) is 1.37. The average molecular weight is 396 g/mol. The van der Waals surface area contributed by atoms with E-state index in [-0.39, 0.29) is 0 Å². The smallest absolute Gasteiger partial charge is 0.0701 e. The third kappa shape index (κ3) is 3.10. The second kappa shape index (κ2) is 5.78. The highest BCUT2D eigenvalue weighted by atomic mass is 79.9. The van der Waals surface area contributed by atoms with Gasteiger partial charge >= 0.3 is 0 Å². The third-order valence-electron chi connectivity index (χ3n) is 3.13. The lowest BCUT2D eigenvalue weighted by Crippen LogP contribution is -1.92. The lowest BCUT2D eigenvalue weighted by atomic mass is 10.0. The Kier molecular flexibility index (Phi) is 4.06. The van der Waals surface area contributed by atoms with Crippen LogP contribution in [0.5, 0.6) is 0 Å². The van der Waals surface area contributed by atoms with Crippen LogP contribution in [0, 0.1) is 0 Å². The van der Waals surface area contributed by atoms with Crippen LogP contribution >= 0.6 is 43.2 Å². The van der Waals surface area contributed by atoms with Crippen molar-refractivity contribution in [3.05, 3.63) is 68.8 Å². The molecule has 2 aromatic carbocycles. The molecule has 0 aliphatic carbocycles. The molecular formula is C16H12Br2S. The zero-order valence-electron chi connectivity index (χ0n) is 10.1. The first-order valence-corrected chi connectivity index (χ1v) is 8.62. The average Bonchev–Trinajstić information content (AvgIpc) is 2.85. The van der Waals surface area contributed by atoms with E-state index in [9.17, 15) is 0 Å². The Balaban J connectivity index is 1.84. The molecule has 3 rings (SSSR count). The van der Waals surface area contributed by atoms with Crippen molar-refractivity contribution in [1.29, 1.82) is 0 Å². The molecule has 0 saturated heterocycles. The summed E-state index contributed by atoms with van der Waals surface area (Å²) in [6.07, 6.45) is 1.01. The molecule has 1 aromatic heterocycles. The molecule has 19 heavy (non-hydrogen) atoms. The highest BCUT2D eigenvalue weighted by Gasteiger charge is 2.11. The van der Waals surface area contributed by atoms with E-state index in [2.05, 4.69) is 86.5 Å². The van der Waals surface area contributed by atoms with Crippen molar-refractivity contribution in [3.8, 4) is 0 Å². The van der Waals surface area contributed by atoms with Gasteiger partial charge in [0.1, 0.15) is 0 Å². The van der Waals surface area contributed by atoms with E-state index in [0.717, 1.165) is 6.42 Å². The van der Waals surface area contributed by atoms with Crippen molar-refractivity contribution >= 4 is 54.0 Å². The number of halogens is 2. The zero-order chi connectivity index (χ0) is 13.2. The van der Waals surface area contributed by atoms with Crippen LogP contribution in [0.3, 0.4) is 0 Å². The van der Waals surface area contributed by atoms with Gasteiger partial charge in [-0.15, -0.1) is 11.3 Å². The maximum absolute atomic E-state index is 3.79. The summed E-state index contributed by atoms with van der Waals surface area (Å²) in [5.74, 6) is 0. The predicted molar refractivity (Wildman–Crippen MR) is 91.3 cm³/mol. The first kappa shape index (κ1) is 13.3. The molecule has 0 saturated carbocycles. The van der Waals surface area contributed by atoms with Gasteiger partial charge in [0.25, 0.3) is 0 Å². The molecule has 1 atom stereocenters. The molecular weight excluding hydrogens is 384 g/mol. The molecule has 0 bridgehead atoms. The topological polar surface area (TPSA) is 0 Å². The van der Waals surface area contributed by atoms with Crippen LogP contribution in [0.1, 0.15) is 15.3 Å². The summed E-state index contributed by atoms with van der Waals surface area (Å²) in [6.45, 7) is 0. The van der Waals surface area contributed by atoms with Gasteiger partial charge in [-0.25, -0.2) is 0 Å². The Hall–Kier alpha value is -0.640. The Morgan fingerprint density at radius 1 is 0.947 bits per heavy atom. The molecule has 0 N–H and O–H groups in total. The molecule has 1 unspecified atom stereocenters. The van der Waals surface area contributed by atoms with Gasteiger partial charge in [0.15, 0.2) is 0 Å². The highest BCUT2D eigenvalue weighted by Crippen LogP contribution is 2.34. The number of alkyl halides is 1. The maximum atomic E-state index is 3.79. The fourth-order valence-electron chi connectivity index (χ4n) is 2.17. The fraction of sp³-hybridized carbons (Fsp3) is 0.125. The van der Waals surface area contributed by atoms with E-state index in [1.807, 2.05) is 0 Å². The van der Waals surface area contributed by atoms with Gasteiger partial charge in [0.05, 0.1) is 8.61 Å². The summed E-state index contributed by atoms with van der Waals surface area (Å²) < 4.78 is 1.19. The van der Waals surface area contributed by atoms with Gasteiger partial charge in [0, 0.05) is 4.88 Å². The monoisotopic (exact) mass is 394 g/mol. The number of rotatable bonds is 3. The fourth-order valence-corrected chi connectivity index (χ4v) is 4.38. The lowest BCUT2D eigenvalue weighted by Gasteiger charge is -2.08. The van der Waals surface area contributed by atoms with Crippen LogP contribution in [0.15, 0.2) is 58.4 Å². The summed E-state index contributed by atoms with van der Waals surface area (Å²) in [4.78, 5) is 1.74. The molecule has 0 fully saturated rings. The molecule has 0 amide bonds. The van der Waals surface area contributed by atoms with Gasteiger partial charge < -0.3 is 0 Å². The standard InChI is InChI=1S/C16H12Br2S/c17-14(15-7-8-16(18)19-15)10-11-5-6-12-3-1-2-4-13(12)9-11/h1-9,14H,10H2. The minimum atomic E-state index is 0.380. The molecule has 0 radical (unpaired) electrons. The van der Waals surface area contributed by atoms with Crippen molar-refractivity contribution in [3.63, 3.8) is 0 Å². The molecule has 1 heterocycles. The van der Waals surface area contributed by atoms with Crippen molar-refractivity contribution < 1.29 is 0 Å². The Bertz CT molecular complexity index is 703. The molecule has 0 aliphatic heterocycles. The number of benzene rings is 2. The van der Waals surface area contributed by atoms with Crippen LogP contribution in [-0.4, -0.2) is 0 Å². The molecule has 0 aliphatic rings. The van der Waals surface area contributed by atoms with Crippen LogP contribution in [0.4, 0.5) is 0 Å². The third-order valence-corrected chi connectivity index (χ3v) is 5.99. The van der Waals surface area contributed by atoms with E-state index < -0.39 is 0 Å².